The summed E-state index contributed by atoms with van der Waals surface area (Å²) in [6.45, 7) is 2.15. The molecule has 18 heavy (non-hydrogen) atoms. The minimum atomic E-state index is -1.52. The lowest BCUT2D eigenvalue weighted by molar-refractivity contribution is -0.162. The molecule has 1 aromatic carbocycles. The van der Waals surface area contributed by atoms with Crippen LogP contribution in [0.25, 0.3) is 0 Å². The molecule has 0 radical (unpaired) electrons. The van der Waals surface area contributed by atoms with Crippen LogP contribution < -0.4 is 0 Å². The summed E-state index contributed by atoms with van der Waals surface area (Å²) >= 11 is 6.05. The summed E-state index contributed by atoms with van der Waals surface area (Å²) < 4.78 is 4.55. The smallest absolute Gasteiger partial charge is 0.338 e. The molecular weight excluding hydrogens is 254 g/mol. The Bertz CT molecular complexity index is 420. The fourth-order valence-electron chi connectivity index (χ4n) is 1.78. The van der Waals surface area contributed by atoms with Crippen molar-refractivity contribution >= 4 is 17.6 Å². The van der Waals surface area contributed by atoms with Gasteiger partial charge < -0.3 is 9.84 Å². The molecule has 100 valence electrons. The number of hydrogen-bond acceptors (Lipinski definition) is 4. The fraction of sp³-hybridized carbons (Fsp3) is 0.462. The molecule has 0 bridgehead atoms. The van der Waals surface area contributed by atoms with Gasteiger partial charge in [0.1, 0.15) is 0 Å². The molecule has 1 N–H and O–H groups in total. The summed E-state index contributed by atoms with van der Waals surface area (Å²) in [4.78, 5) is 13.2. The van der Waals surface area contributed by atoms with E-state index in [9.17, 15) is 9.90 Å². The number of ether oxygens (including phenoxy) is 1. The number of carbonyl (C=O) groups excluding carboxylic acids is 1. The number of nitrogens with zero attached hydrogens (tertiary/aromatic N) is 1. The molecule has 0 saturated heterocycles. The zero-order chi connectivity index (χ0) is 13.8. The van der Waals surface area contributed by atoms with Crippen LogP contribution in [0.3, 0.4) is 0 Å². The summed E-state index contributed by atoms with van der Waals surface area (Å²) in [6.07, 6.45) is 0. The standard InChI is InChI=1S/C13H18ClNO3/c1-13(17,12(16)18-3)9-15(2)8-10-6-4-5-7-11(10)14/h4-7,17H,8-9H2,1-3H3. The van der Waals surface area contributed by atoms with Gasteiger partial charge in [-0.15, -0.1) is 0 Å². The summed E-state index contributed by atoms with van der Waals surface area (Å²) in [5.74, 6) is -0.645. The van der Waals surface area contributed by atoms with E-state index in [1.165, 1.54) is 14.0 Å². The van der Waals surface area contributed by atoms with Crippen LogP contribution in [0, 0.1) is 0 Å². The monoisotopic (exact) mass is 271 g/mol. The van der Waals surface area contributed by atoms with Gasteiger partial charge in [0.15, 0.2) is 5.60 Å². The first-order valence-electron chi connectivity index (χ1n) is 5.59. The normalized spacial score (nSPS) is 14.3. The summed E-state index contributed by atoms with van der Waals surface area (Å²) in [6, 6.07) is 7.47. The number of rotatable bonds is 5. The second-order valence-electron chi connectivity index (χ2n) is 4.53. The van der Waals surface area contributed by atoms with Crippen LogP contribution in [0.5, 0.6) is 0 Å². The lowest BCUT2D eigenvalue weighted by atomic mass is 10.1. The van der Waals surface area contributed by atoms with E-state index >= 15 is 0 Å². The first-order valence-corrected chi connectivity index (χ1v) is 5.97. The molecule has 0 aliphatic rings. The van der Waals surface area contributed by atoms with Gasteiger partial charge in [-0.1, -0.05) is 29.8 Å². The van der Waals surface area contributed by atoms with Crippen molar-refractivity contribution in [3.63, 3.8) is 0 Å². The van der Waals surface area contributed by atoms with Crippen LogP contribution in [-0.2, 0) is 16.1 Å². The Morgan fingerprint density at radius 1 is 1.50 bits per heavy atom. The average molecular weight is 272 g/mol. The van der Waals surface area contributed by atoms with Crippen molar-refractivity contribution < 1.29 is 14.6 Å². The molecule has 0 saturated carbocycles. The van der Waals surface area contributed by atoms with Gasteiger partial charge >= 0.3 is 5.97 Å². The van der Waals surface area contributed by atoms with E-state index in [1.54, 1.807) is 7.05 Å². The number of carbonyl (C=O) groups is 1. The van der Waals surface area contributed by atoms with Gasteiger partial charge in [0.25, 0.3) is 0 Å². The third-order valence-corrected chi connectivity index (χ3v) is 2.97. The van der Waals surface area contributed by atoms with Gasteiger partial charge in [0.2, 0.25) is 0 Å². The Labute approximate surface area is 112 Å². The largest absolute Gasteiger partial charge is 0.467 e. The maximum Gasteiger partial charge on any atom is 0.338 e. The number of methoxy groups -OCH3 is 1. The van der Waals surface area contributed by atoms with E-state index in [-0.39, 0.29) is 6.54 Å². The van der Waals surface area contributed by atoms with Gasteiger partial charge in [0, 0.05) is 18.1 Å². The maximum absolute atomic E-state index is 11.4. The van der Waals surface area contributed by atoms with Crippen molar-refractivity contribution in [1.82, 2.24) is 4.90 Å². The average Bonchev–Trinajstić information content (AvgIpc) is 2.30. The molecule has 0 heterocycles. The van der Waals surface area contributed by atoms with E-state index in [2.05, 4.69) is 4.74 Å². The zero-order valence-corrected chi connectivity index (χ0v) is 11.6. The Balaban J connectivity index is 2.65. The van der Waals surface area contributed by atoms with Crippen molar-refractivity contribution in [2.24, 2.45) is 0 Å². The van der Waals surface area contributed by atoms with Crippen molar-refractivity contribution in [2.45, 2.75) is 19.1 Å². The summed E-state index contributed by atoms with van der Waals surface area (Å²) in [5, 5.41) is 10.6. The molecule has 1 rings (SSSR count). The zero-order valence-electron chi connectivity index (χ0n) is 10.8. The van der Waals surface area contributed by atoms with Gasteiger partial charge in [-0.25, -0.2) is 4.79 Å². The first-order chi connectivity index (χ1) is 8.36. The van der Waals surface area contributed by atoms with Gasteiger partial charge in [-0.05, 0) is 25.6 Å². The van der Waals surface area contributed by atoms with Gasteiger partial charge in [0.05, 0.1) is 7.11 Å². The molecule has 5 heteroatoms. The highest BCUT2D eigenvalue weighted by molar-refractivity contribution is 6.31. The molecule has 1 aromatic rings. The molecule has 0 aliphatic heterocycles. The maximum atomic E-state index is 11.4. The second-order valence-corrected chi connectivity index (χ2v) is 4.94. The molecule has 0 spiro atoms. The van der Waals surface area contributed by atoms with E-state index in [4.69, 9.17) is 11.6 Å². The minimum Gasteiger partial charge on any atom is -0.467 e. The SMILES string of the molecule is COC(=O)C(C)(O)CN(C)Cc1ccccc1Cl. The summed E-state index contributed by atoms with van der Waals surface area (Å²) in [7, 11) is 3.06. The van der Waals surface area contributed by atoms with Crippen LogP contribution in [0.2, 0.25) is 5.02 Å². The van der Waals surface area contributed by atoms with E-state index in [0.29, 0.717) is 11.6 Å². The molecule has 0 aromatic heterocycles. The lowest BCUT2D eigenvalue weighted by Gasteiger charge is -2.26. The van der Waals surface area contributed by atoms with E-state index in [1.807, 2.05) is 29.2 Å². The van der Waals surface area contributed by atoms with Crippen molar-refractivity contribution in [2.75, 3.05) is 20.7 Å². The van der Waals surface area contributed by atoms with E-state index < -0.39 is 11.6 Å². The molecule has 0 fully saturated rings. The van der Waals surface area contributed by atoms with Crippen LogP contribution in [0.15, 0.2) is 24.3 Å². The fourth-order valence-corrected chi connectivity index (χ4v) is 1.98. The number of likely N-dealkylation sites (N-methyl/N-ethyl adjacent to an activating group) is 1. The predicted molar refractivity (Wildman–Crippen MR) is 70.4 cm³/mol. The number of halogens is 1. The Morgan fingerprint density at radius 2 is 2.11 bits per heavy atom. The molecule has 1 atom stereocenters. The topological polar surface area (TPSA) is 49.8 Å². The van der Waals surface area contributed by atoms with Gasteiger partial charge in [-0.3, -0.25) is 4.90 Å². The van der Waals surface area contributed by atoms with E-state index in [0.717, 1.165) is 5.56 Å². The highest BCUT2D eigenvalue weighted by atomic mass is 35.5. The first kappa shape index (κ1) is 15.0. The van der Waals surface area contributed by atoms with Gasteiger partial charge in [-0.2, -0.15) is 0 Å². The number of hydrogen-bond donors (Lipinski definition) is 1. The second kappa shape index (κ2) is 6.18. The highest BCUT2D eigenvalue weighted by Crippen LogP contribution is 2.17. The lowest BCUT2D eigenvalue weighted by Crippen LogP contribution is -2.46. The van der Waals surface area contributed by atoms with Crippen LogP contribution in [-0.4, -0.2) is 42.3 Å². The molecule has 0 aliphatic carbocycles. The summed E-state index contributed by atoms with van der Waals surface area (Å²) in [5.41, 5.74) is -0.576. The Hall–Kier alpha value is -1.10. The highest BCUT2D eigenvalue weighted by Gasteiger charge is 2.32. The number of benzene rings is 1. The molecular formula is C13H18ClNO3. The number of esters is 1. The van der Waals surface area contributed by atoms with Crippen molar-refractivity contribution in [1.29, 1.82) is 0 Å². The Kier molecular flexibility index (Phi) is 5.14. The van der Waals surface area contributed by atoms with Crippen molar-refractivity contribution in [3.05, 3.63) is 34.9 Å². The predicted octanol–water partition coefficient (Wildman–Crippen LogP) is 1.70. The van der Waals surface area contributed by atoms with Crippen LogP contribution in [0.4, 0.5) is 0 Å². The van der Waals surface area contributed by atoms with Crippen LogP contribution in [0.1, 0.15) is 12.5 Å². The third kappa shape index (κ3) is 3.98. The number of aliphatic hydroxyl groups is 1. The minimum absolute atomic E-state index is 0.172. The molecule has 0 amide bonds. The Morgan fingerprint density at radius 3 is 2.67 bits per heavy atom. The van der Waals surface area contributed by atoms with Crippen LogP contribution >= 0.6 is 11.6 Å². The molecule has 4 nitrogen and oxygen atoms in total. The third-order valence-electron chi connectivity index (χ3n) is 2.60. The van der Waals surface area contributed by atoms with Crippen molar-refractivity contribution in [3.8, 4) is 0 Å². The molecule has 1 unspecified atom stereocenters. The quantitative estimate of drug-likeness (QED) is 0.828.